The number of nitrogens with zero attached hydrogens (tertiary/aromatic N) is 2. The fourth-order valence-electron chi connectivity index (χ4n) is 4.28. The maximum Gasteiger partial charge on any atom is 0.337 e. The molecule has 1 aliphatic carbocycles. The van der Waals surface area contributed by atoms with Crippen molar-refractivity contribution in [3.05, 3.63) is 71.3 Å². The Bertz CT molecular complexity index is 1080. The van der Waals surface area contributed by atoms with Crippen LogP contribution in [0.5, 0.6) is 0 Å². The third-order valence-corrected chi connectivity index (χ3v) is 6.41. The van der Waals surface area contributed by atoms with Gasteiger partial charge in [0.1, 0.15) is 0 Å². The van der Waals surface area contributed by atoms with E-state index in [0.717, 1.165) is 22.5 Å². The molecule has 3 aromatic rings. The Morgan fingerprint density at radius 2 is 1.30 bits per heavy atom. The fraction of sp³-hybridized carbons (Fsp3) is 0.346. The average molecular weight is 401 g/mol. The van der Waals surface area contributed by atoms with E-state index in [-0.39, 0.29) is 16.8 Å². The van der Waals surface area contributed by atoms with E-state index in [4.69, 9.17) is 4.74 Å². The Hall–Kier alpha value is -3.01. The Kier molecular flexibility index (Phi) is 4.97. The predicted octanol–water partition coefficient (Wildman–Crippen LogP) is 5.95. The molecule has 1 aromatic heterocycles. The molecule has 0 N–H and O–H groups in total. The number of fused-ring (bicyclic) bond motifs is 1. The van der Waals surface area contributed by atoms with Crippen molar-refractivity contribution in [1.82, 2.24) is 10.2 Å². The number of hydrogen-bond donors (Lipinski definition) is 0. The van der Waals surface area contributed by atoms with Crippen molar-refractivity contribution < 1.29 is 9.53 Å². The standard InChI is InChI=1S/C26H28N2O2/c1-25(2)14-15-26(3,4)21-16-19(10-11-20(21)25)23-13-12-22(27-28-23)17-6-8-18(9-7-17)24(29)30-5/h6-13,16H,14-15H2,1-5H3. The molecule has 1 heterocycles. The van der Waals surface area contributed by atoms with Crippen LogP contribution in [0.2, 0.25) is 0 Å². The Morgan fingerprint density at radius 1 is 0.767 bits per heavy atom. The fourth-order valence-corrected chi connectivity index (χ4v) is 4.28. The van der Waals surface area contributed by atoms with Gasteiger partial charge in [-0.15, -0.1) is 10.2 Å². The second kappa shape index (κ2) is 7.35. The van der Waals surface area contributed by atoms with Crippen LogP contribution in [0.1, 0.15) is 62.0 Å². The maximum absolute atomic E-state index is 11.6. The van der Waals surface area contributed by atoms with Gasteiger partial charge in [-0.25, -0.2) is 4.79 Å². The predicted molar refractivity (Wildman–Crippen MR) is 120 cm³/mol. The zero-order valence-corrected chi connectivity index (χ0v) is 18.3. The SMILES string of the molecule is COC(=O)c1ccc(-c2ccc(-c3ccc4c(c3)C(C)(C)CCC4(C)C)nn2)cc1. The first-order valence-corrected chi connectivity index (χ1v) is 10.4. The molecule has 30 heavy (non-hydrogen) atoms. The molecular formula is C26H28N2O2. The van der Waals surface area contributed by atoms with Gasteiger partial charge in [0.25, 0.3) is 0 Å². The van der Waals surface area contributed by atoms with Gasteiger partial charge in [0.05, 0.1) is 24.1 Å². The summed E-state index contributed by atoms with van der Waals surface area (Å²) >= 11 is 0. The molecule has 0 spiro atoms. The lowest BCUT2D eigenvalue weighted by Crippen LogP contribution is -2.33. The molecule has 0 fully saturated rings. The third kappa shape index (κ3) is 3.62. The lowest BCUT2D eigenvalue weighted by atomic mass is 9.63. The van der Waals surface area contributed by atoms with Gasteiger partial charge in [0.2, 0.25) is 0 Å². The van der Waals surface area contributed by atoms with Crippen LogP contribution in [0, 0.1) is 0 Å². The van der Waals surface area contributed by atoms with Gasteiger partial charge in [0, 0.05) is 11.1 Å². The van der Waals surface area contributed by atoms with Crippen molar-refractivity contribution in [3.63, 3.8) is 0 Å². The molecule has 0 saturated carbocycles. The van der Waals surface area contributed by atoms with Gasteiger partial charge in [-0.05, 0) is 65.1 Å². The Morgan fingerprint density at radius 3 is 1.87 bits per heavy atom. The van der Waals surface area contributed by atoms with E-state index in [0.29, 0.717) is 5.56 Å². The Labute approximate surface area is 178 Å². The number of ether oxygens (including phenoxy) is 1. The summed E-state index contributed by atoms with van der Waals surface area (Å²) in [6.07, 6.45) is 2.39. The quantitative estimate of drug-likeness (QED) is 0.510. The minimum absolute atomic E-state index is 0.162. The van der Waals surface area contributed by atoms with E-state index in [1.54, 1.807) is 12.1 Å². The number of methoxy groups -OCH3 is 1. The summed E-state index contributed by atoms with van der Waals surface area (Å²) in [6.45, 7) is 9.33. The van der Waals surface area contributed by atoms with Crippen molar-refractivity contribution in [2.75, 3.05) is 7.11 Å². The van der Waals surface area contributed by atoms with Crippen LogP contribution in [-0.4, -0.2) is 23.3 Å². The molecule has 4 rings (SSSR count). The van der Waals surface area contributed by atoms with Gasteiger partial charge < -0.3 is 4.74 Å². The molecule has 0 radical (unpaired) electrons. The van der Waals surface area contributed by atoms with Crippen molar-refractivity contribution in [1.29, 1.82) is 0 Å². The first-order valence-electron chi connectivity index (χ1n) is 10.4. The number of hydrogen-bond acceptors (Lipinski definition) is 4. The summed E-state index contributed by atoms with van der Waals surface area (Å²) in [5.41, 5.74) is 7.39. The Balaban J connectivity index is 1.64. The van der Waals surface area contributed by atoms with Gasteiger partial charge >= 0.3 is 5.97 Å². The highest BCUT2D eigenvalue weighted by Crippen LogP contribution is 2.46. The van der Waals surface area contributed by atoms with E-state index >= 15 is 0 Å². The van der Waals surface area contributed by atoms with E-state index in [9.17, 15) is 4.79 Å². The van der Waals surface area contributed by atoms with E-state index in [1.165, 1.54) is 31.1 Å². The highest BCUT2D eigenvalue weighted by atomic mass is 16.5. The van der Waals surface area contributed by atoms with Crippen LogP contribution in [0.3, 0.4) is 0 Å². The summed E-state index contributed by atoms with van der Waals surface area (Å²) in [4.78, 5) is 11.6. The summed E-state index contributed by atoms with van der Waals surface area (Å²) in [6, 6.07) is 17.9. The van der Waals surface area contributed by atoms with E-state index in [1.807, 2.05) is 24.3 Å². The van der Waals surface area contributed by atoms with Crippen molar-refractivity contribution in [3.8, 4) is 22.5 Å². The topological polar surface area (TPSA) is 52.1 Å². The molecule has 4 nitrogen and oxygen atoms in total. The second-order valence-corrected chi connectivity index (χ2v) is 9.40. The zero-order valence-electron chi connectivity index (χ0n) is 18.3. The van der Waals surface area contributed by atoms with Gasteiger partial charge in [-0.2, -0.15) is 0 Å². The molecule has 154 valence electrons. The summed E-state index contributed by atoms with van der Waals surface area (Å²) in [7, 11) is 1.38. The van der Waals surface area contributed by atoms with E-state index < -0.39 is 0 Å². The normalized spacial score (nSPS) is 16.6. The minimum Gasteiger partial charge on any atom is -0.465 e. The molecule has 0 saturated heterocycles. The molecule has 2 aromatic carbocycles. The van der Waals surface area contributed by atoms with Crippen molar-refractivity contribution >= 4 is 5.97 Å². The summed E-state index contributed by atoms with van der Waals surface area (Å²) in [5.74, 6) is -0.346. The van der Waals surface area contributed by atoms with Gasteiger partial charge in [0.15, 0.2) is 0 Å². The highest BCUT2D eigenvalue weighted by Gasteiger charge is 2.37. The second-order valence-electron chi connectivity index (χ2n) is 9.40. The van der Waals surface area contributed by atoms with Crippen LogP contribution >= 0.6 is 0 Å². The molecule has 4 heteroatoms. The largest absolute Gasteiger partial charge is 0.465 e. The minimum atomic E-state index is -0.346. The first kappa shape index (κ1) is 20.3. The third-order valence-electron chi connectivity index (χ3n) is 6.41. The van der Waals surface area contributed by atoms with Crippen LogP contribution in [0.15, 0.2) is 54.6 Å². The lowest BCUT2D eigenvalue weighted by molar-refractivity contribution is 0.0600. The van der Waals surface area contributed by atoms with Gasteiger partial charge in [-0.3, -0.25) is 0 Å². The maximum atomic E-state index is 11.6. The van der Waals surface area contributed by atoms with Crippen LogP contribution < -0.4 is 0 Å². The number of aromatic nitrogens is 2. The first-order chi connectivity index (χ1) is 14.2. The van der Waals surface area contributed by atoms with E-state index in [2.05, 4.69) is 56.1 Å². The highest BCUT2D eigenvalue weighted by molar-refractivity contribution is 5.89. The zero-order chi connectivity index (χ0) is 21.5. The number of carbonyl (C=O) groups is 1. The smallest absolute Gasteiger partial charge is 0.337 e. The molecular weight excluding hydrogens is 372 g/mol. The molecule has 0 bridgehead atoms. The molecule has 0 atom stereocenters. The molecule has 0 amide bonds. The van der Waals surface area contributed by atoms with Crippen LogP contribution in [0.4, 0.5) is 0 Å². The summed E-state index contributed by atoms with van der Waals surface area (Å²) in [5, 5.41) is 8.92. The van der Waals surface area contributed by atoms with Crippen molar-refractivity contribution in [2.45, 2.75) is 51.4 Å². The number of carbonyl (C=O) groups excluding carboxylic acids is 1. The average Bonchev–Trinajstić information content (AvgIpc) is 2.76. The van der Waals surface area contributed by atoms with Gasteiger partial charge in [-0.1, -0.05) is 52.0 Å². The number of benzene rings is 2. The molecule has 1 aliphatic rings. The van der Waals surface area contributed by atoms with Crippen LogP contribution in [0.25, 0.3) is 22.5 Å². The summed E-state index contributed by atoms with van der Waals surface area (Å²) < 4.78 is 4.75. The van der Waals surface area contributed by atoms with Crippen LogP contribution in [-0.2, 0) is 15.6 Å². The number of esters is 1. The monoisotopic (exact) mass is 400 g/mol. The lowest BCUT2D eigenvalue weighted by Gasteiger charge is -2.42. The molecule has 0 aliphatic heterocycles. The number of rotatable bonds is 3. The van der Waals surface area contributed by atoms with Crippen molar-refractivity contribution in [2.24, 2.45) is 0 Å². The molecule has 0 unspecified atom stereocenters.